The summed E-state index contributed by atoms with van der Waals surface area (Å²) in [5.74, 6) is 0. The van der Waals surface area contributed by atoms with Crippen molar-refractivity contribution in [3.63, 3.8) is 0 Å². The first-order valence-electron chi connectivity index (χ1n) is 6.33. The molecule has 0 unspecified atom stereocenters. The van der Waals surface area contributed by atoms with Gasteiger partial charge in [0.2, 0.25) is 0 Å². The maximum absolute atomic E-state index is 12.3. The van der Waals surface area contributed by atoms with Crippen LogP contribution in [-0.2, 0) is 4.74 Å². The summed E-state index contributed by atoms with van der Waals surface area (Å²) in [6.45, 7) is 5.38. The molecule has 2 aromatic rings. The summed E-state index contributed by atoms with van der Waals surface area (Å²) in [4.78, 5) is 12.3. The second kappa shape index (κ2) is 5.22. The maximum Gasteiger partial charge on any atom is 0.420 e. The van der Waals surface area contributed by atoms with Gasteiger partial charge in [0.15, 0.2) is 0 Å². The second-order valence-corrected chi connectivity index (χ2v) is 5.40. The zero-order valence-electron chi connectivity index (χ0n) is 11.8. The van der Waals surface area contributed by atoms with Crippen LogP contribution in [0.4, 0.5) is 4.79 Å². The second-order valence-electron chi connectivity index (χ2n) is 5.40. The molecule has 0 aliphatic rings. The number of rotatable bonds is 1. The number of nitrogens with zero attached hydrogens (tertiary/aromatic N) is 2. The van der Waals surface area contributed by atoms with Gasteiger partial charge in [-0.05, 0) is 38.5 Å². The molecule has 0 radical (unpaired) electrons. The normalized spacial score (nSPS) is 10.9. The number of carbonyl (C=O) groups is 1. The van der Waals surface area contributed by atoms with E-state index in [1.165, 1.54) is 4.57 Å². The lowest BCUT2D eigenvalue weighted by Gasteiger charge is -2.20. The molecular formula is C16H16N2O2. The lowest BCUT2D eigenvalue weighted by Crippen LogP contribution is -2.28. The van der Waals surface area contributed by atoms with Gasteiger partial charge in [0.1, 0.15) is 17.4 Å². The molecule has 1 aromatic heterocycles. The summed E-state index contributed by atoms with van der Waals surface area (Å²) in [6, 6.07) is 14.8. The third kappa shape index (κ3) is 2.89. The fraction of sp³-hybridized carbons (Fsp3) is 0.250. The third-order valence-corrected chi connectivity index (χ3v) is 2.64. The predicted octanol–water partition coefficient (Wildman–Crippen LogP) is 3.81. The van der Waals surface area contributed by atoms with Crippen LogP contribution in [0.1, 0.15) is 26.5 Å². The highest BCUT2D eigenvalue weighted by Gasteiger charge is 2.22. The number of benzene rings is 1. The fourth-order valence-corrected chi connectivity index (χ4v) is 1.86. The molecule has 0 saturated carbocycles. The van der Waals surface area contributed by atoms with Crippen LogP contribution in [0, 0.1) is 11.3 Å². The van der Waals surface area contributed by atoms with Gasteiger partial charge in [-0.1, -0.05) is 30.3 Å². The van der Waals surface area contributed by atoms with Crippen molar-refractivity contribution < 1.29 is 9.53 Å². The topological polar surface area (TPSA) is 55.0 Å². The van der Waals surface area contributed by atoms with Gasteiger partial charge in [-0.25, -0.2) is 9.36 Å². The Labute approximate surface area is 118 Å². The molecule has 0 saturated heterocycles. The average molecular weight is 268 g/mol. The molecule has 0 aliphatic carbocycles. The molecule has 4 nitrogen and oxygen atoms in total. The Morgan fingerprint density at radius 2 is 1.80 bits per heavy atom. The standard InChI is InChI=1S/C16H16N2O2/c1-16(2,3)20-15(19)18-13(11-17)9-10-14(18)12-7-5-4-6-8-12/h4-10H,1-3H3. The molecule has 0 atom stereocenters. The van der Waals surface area contributed by atoms with Crippen LogP contribution in [0.15, 0.2) is 42.5 Å². The van der Waals surface area contributed by atoms with Crippen molar-refractivity contribution in [1.29, 1.82) is 5.26 Å². The van der Waals surface area contributed by atoms with E-state index >= 15 is 0 Å². The van der Waals surface area contributed by atoms with Gasteiger partial charge in [-0.2, -0.15) is 5.26 Å². The van der Waals surface area contributed by atoms with Crippen molar-refractivity contribution in [3.8, 4) is 17.3 Å². The van der Waals surface area contributed by atoms with Crippen LogP contribution in [0.3, 0.4) is 0 Å². The van der Waals surface area contributed by atoms with Crippen LogP contribution < -0.4 is 0 Å². The highest BCUT2D eigenvalue weighted by atomic mass is 16.6. The van der Waals surface area contributed by atoms with Crippen molar-refractivity contribution in [2.45, 2.75) is 26.4 Å². The molecule has 1 aromatic carbocycles. The molecule has 0 N–H and O–H groups in total. The smallest absolute Gasteiger partial charge is 0.420 e. The van der Waals surface area contributed by atoms with E-state index in [2.05, 4.69) is 0 Å². The Bertz CT molecular complexity index is 658. The van der Waals surface area contributed by atoms with Crippen molar-refractivity contribution in [2.24, 2.45) is 0 Å². The molecule has 102 valence electrons. The molecule has 4 heteroatoms. The summed E-state index contributed by atoms with van der Waals surface area (Å²) in [6.07, 6.45) is -0.544. The zero-order chi connectivity index (χ0) is 14.8. The van der Waals surface area contributed by atoms with Crippen molar-refractivity contribution >= 4 is 6.09 Å². The van der Waals surface area contributed by atoms with Crippen molar-refractivity contribution in [3.05, 3.63) is 48.2 Å². The molecule has 0 aliphatic heterocycles. The predicted molar refractivity (Wildman–Crippen MR) is 76.2 cm³/mol. The minimum atomic E-state index is -0.609. The number of nitriles is 1. The average Bonchev–Trinajstić information content (AvgIpc) is 2.81. The highest BCUT2D eigenvalue weighted by Crippen LogP contribution is 2.23. The number of hydrogen-bond donors (Lipinski definition) is 0. The fourth-order valence-electron chi connectivity index (χ4n) is 1.86. The summed E-state index contributed by atoms with van der Waals surface area (Å²) in [5.41, 5.74) is 1.16. The third-order valence-electron chi connectivity index (χ3n) is 2.64. The van der Waals surface area contributed by atoms with Crippen LogP contribution in [-0.4, -0.2) is 16.3 Å². The quantitative estimate of drug-likeness (QED) is 0.790. The molecule has 0 spiro atoms. The SMILES string of the molecule is CC(C)(C)OC(=O)n1c(C#N)ccc1-c1ccccc1. The Balaban J connectivity index is 2.49. The molecule has 0 bridgehead atoms. The van der Waals surface area contributed by atoms with E-state index in [4.69, 9.17) is 10.00 Å². The molecule has 20 heavy (non-hydrogen) atoms. The first-order chi connectivity index (χ1) is 9.42. The first-order valence-corrected chi connectivity index (χ1v) is 6.33. The molecule has 2 rings (SSSR count). The van der Waals surface area contributed by atoms with Crippen LogP contribution in [0.2, 0.25) is 0 Å². The Hall–Kier alpha value is -2.54. The minimum Gasteiger partial charge on any atom is -0.443 e. The summed E-state index contributed by atoms with van der Waals surface area (Å²) in [5, 5.41) is 9.15. The van der Waals surface area contributed by atoms with Gasteiger partial charge in [0.25, 0.3) is 0 Å². The Kier molecular flexibility index (Phi) is 3.62. The minimum absolute atomic E-state index is 0.262. The Morgan fingerprint density at radius 3 is 2.35 bits per heavy atom. The van der Waals surface area contributed by atoms with Gasteiger partial charge in [0.05, 0.1) is 5.69 Å². The van der Waals surface area contributed by atoms with Gasteiger partial charge in [-0.3, -0.25) is 0 Å². The first kappa shape index (κ1) is 13.9. The highest BCUT2D eigenvalue weighted by molar-refractivity contribution is 5.80. The number of carbonyl (C=O) groups excluding carboxylic acids is 1. The van der Waals surface area contributed by atoms with Gasteiger partial charge >= 0.3 is 6.09 Å². The largest absolute Gasteiger partial charge is 0.443 e. The van der Waals surface area contributed by atoms with Gasteiger partial charge in [0, 0.05) is 0 Å². The lowest BCUT2D eigenvalue weighted by molar-refractivity contribution is 0.0539. The van der Waals surface area contributed by atoms with E-state index in [-0.39, 0.29) is 5.69 Å². The molecular weight excluding hydrogens is 252 g/mol. The Morgan fingerprint density at radius 1 is 1.15 bits per heavy atom. The molecule has 0 fully saturated rings. The monoisotopic (exact) mass is 268 g/mol. The molecule has 0 amide bonds. The van der Waals surface area contributed by atoms with Crippen molar-refractivity contribution in [1.82, 2.24) is 4.57 Å². The maximum atomic E-state index is 12.3. The lowest BCUT2D eigenvalue weighted by atomic mass is 10.1. The van der Waals surface area contributed by atoms with Gasteiger partial charge < -0.3 is 4.74 Å². The van der Waals surface area contributed by atoms with Crippen molar-refractivity contribution in [2.75, 3.05) is 0 Å². The van der Waals surface area contributed by atoms with E-state index in [1.807, 2.05) is 36.4 Å². The van der Waals surface area contributed by atoms with Crippen LogP contribution >= 0.6 is 0 Å². The molecule has 1 heterocycles. The van der Waals surface area contributed by atoms with Gasteiger partial charge in [-0.15, -0.1) is 0 Å². The van der Waals surface area contributed by atoms with E-state index in [9.17, 15) is 4.79 Å². The van der Waals surface area contributed by atoms with Crippen LogP contribution in [0.25, 0.3) is 11.3 Å². The summed E-state index contributed by atoms with van der Waals surface area (Å²) in [7, 11) is 0. The van der Waals surface area contributed by atoms with E-state index in [0.29, 0.717) is 5.69 Å². The van der Waals surface area contributed by atoms with E-state index < -0.39 is 11.7 Å². The van der Waals surface area contributed by atoms with E-state index in [0.717, 1.165) is 5.56 Å². The summed E-state index contributed by atoms with van der Waals surface area (Å²) >= 11 is 0. The van der Waals surface area contributed by atoms with E-state index in [1.54, 1.807) is 32.9 Å². The zero-order valence-corrected chi connectivity index (χ0v) is 11.8. The summed E-state index contributed by atoms with van der Waals surface area (Å²) < 4.78 is 6.67. The number of ether oxygens (including phenoxy) is 1. The number of hydrogen-bond acceptors (Lipinski definition) is 3. The van der Waals surface area contributed by atoms with Crippen LogP contribution in [0.5, 0.6) is 0 Å². The number of aromatic nitrogens is 1.